The van der Waals surface area contributed by atoms with Gasteiger partial charge in [0.15, 0.2) is 0 Å². The number of benzene rings is 1. The number of halogens is 1. The van der Waals surface area contributed by atoms with Gasteiger partial charge >= 0.3 is 0 Å². The number of nitrogens with zero attached hydrogens (tertiary/aromatic N) is 2. The van der Waals surface area contributed by atoms with Gasteiger partial charge in [-0.25, -0.2) is 9.97 Å². The Morgan fingerprint density at radius 2 is 1.95 bits per heavy atom. The van der Waals surface area contributed by atoms with Crippen molar-refractivity contribution in [2.24, 2.45) is 0 Å². The van der Waals surface area contributed by atoms with Crippen LogP contribution in [-0.4, -0.2) is 17.0 Å². The zero-order valence-corrected chi connectivity index (χ0v) is 12.3. The normalized spacial score (nSPS) is 14.2. The number of nitrogens with one attached hydrogen (secondary N) is 2. The maximum atomic E-state index is 6.25. The van der Waals surface area contributed by atoms with Crippen LogP contribution in [0.25, 0.3) is 0 Å². The Kier molecular flexibility index (Phi) is 3.49. The summed E-state index contributed by atoms with van der Waals surface area (Å²) in [5.74, 6) is 3.02. The van der Waals surface area contributed by atoms with E-state index < -0.39 is 0 Å². The lowest BCUT2D eigenvalue weighted by molar-refractivity contribution is 0.932. The molecule has 1 aliphatic rings. The molecule has 5 heteroatoms. The molecule has 3 rings (SSSR count). The van der Waals surface area contributed by atoms with Crippen LogP contribution in [0.4, 0.5) is 17.3 Å². The molecule has 1 fully saturated rings. The smallest absolute Gasteiger partial charge is 0.136 e. The first-order valence-electron chi connectivity index (χ1n) is 6.76. The van der Waals surface area contributed by atoms with E-state index in [1.54, 1.807) is 0 Å². The van der Waals surface area contributed by atoms with Crippen LogP contribution in [-0.2, 0) is 0 Å². The number of aryl methyl sites for hydroxylation is 1. The summed E-state index contributed by atoms with van der Waals surface area (Å²) < 4.78 is 0. The molecule has 1 saturated carbocycles. The molecule has 1 aromatic carbocycles. The second-order valence-corrected chi connectivity index (χ2v) is 5.48. The topological polar surface area (TPSA) is 49.8 Å². The minimum atomic E-state index is 0.510. The number of hydrogen-bond donors (Lipinski definition) is 2. The first kappa shape index (κ1) is 13.2. The largest absolute Gasteiger partial charge is 0.373 e. The van der Waals surface area contributed by atoms with Crippen LogP contribution in [0.3, 0.4) is 0 Å². The number of anilines is 3. The molecule has 0 amide bonds. The predicted octanol–water partition coefficient (Wildman–Crippen LogP) is 4.10. The van der Waals surface area contributed by atoms with Crippen molar-refractivity contribution in [3.63, 3.8) is 0 Å². The van der Waals surface area contributed by atoms with Gasteiger partial charge in [0.1, 0.15) is 17.5 Å². The number of aromatic nitrogens is 2. The molecule has 0 radical (unpaired) electrons. The Balaban J connectivity index is 1.95. The molecule has 0 bridgehead atoms. The molecule has 1 aromatic heterocycles. The second-order valence-electron chi connectivity index (χ2n) is 5.08. The highest BCUT2D eigenvalue weighted by molar-refractivity contribution is 6.33. The van der Waals surface area contributed by atoms with E-state index in [-0.39, 0.29) is 0 Å². The van der Waals surface area contributed by atoms with Gasteiger partial charge < -0.3 is 10.6 Å². The van der Waals surface area contributed by atoms with E-state index in [1.165, 1.54) is 12.8 Å². The molecule has 20 heavy (non-hydrogen) atoms. The first-order chi connectivity index (χ1) is 9.67. The minimum absolute atomic E-state index is 0.510. The lowest BCUT2D eigenvalue weighted by Crippen LogP contribution is -2.04. The van der Waals surface area contributed by atoms with Gasteiger partial charge in [-0.15, -0.1) is 0 Å². The third kappa shape index (κ3) is 2.70. The van der Waals surface area contributed by atoms with Gasteiger partial charge in [-0.1, -0.05) is 23.7 Å². The van der Waals surface area contributed by atoms with Crippen LogP contribution in [0.15, 0.2) is 24.3 Å². The maximum Gasteiger partial charge on any atom is 0.136 e. The Morgan fingerprint density at radius 1 is 1.20 bits per heavy atom. The summed E-state index contributed by atoms with van der Waals surface area (Å²) in [4.78, 5) is 9.11. The van der Waals surface area contributed by atoms with Crippen molar-refractivity contribution in [2.75, 3.05) is 17.7 Å². The highest BCUT2D eigenvalue weighted by Gasteiger charge is 2.27. The Labute approximate surface area is 123 Å². The van der Waals surface area contributed by atoms with Crippen LogP contribution in [0.5, 0.6) is 0 Å². The highest BCUT2D eigenvalue weighted by Crippen LogP contribution is 2.39. The molecule has 0 spiro atoms. The quantitative estimate of drug-likeness (QED) is 0.889. The van der Waals surface area contributed by atoms with Gasteiger partial charge in [0.2, 0.25) is 0 Å². The standard InChI is InChI=1S/C15H17ClN4/c1-9-4-3-5-11(16)14(9)18-13-8-12(17-2)19-15(20-13)10-6-7-10/h3-5,8,10H,6-7H2,1-2H3,(H2,17,18,19,20). The molecule has 2 N–H and O–H groups in total. The molecule has 1 aliphatic carbocycles. The fraction of sp³-hybridized carbons (Fsp3) is 0.333. The zero-order valence-electron chi connectivity index (χ0n) is 11.6. The molecular formula is C15H17ClN4. The molecule has 4 nitrogen and oxygen atoms in total. The fourth-order valence-corrected chi connectivity index (χ4v) is 2.37. The lowest BCUT2D eigenvalue weighted by atomic mass is 10.2. The summed E-state index contributed by atoms with van der Waals surface area (Å²) in [5, 5.41) is 7.09. The van der Waals surface area contributed by atoms with Crippen molar-refractivity contribution in [3.8, 4) is 0 Å². The number of hydrogen-bond acceptors (Lipinski definition) is 4. The average molecular weight is 289 g/mol. The van der Waals surface area contributed by atoms with E-state index in [9.17, 15) is 0 Å². The number of para-hydroxylation sites is 1. The Morgan fingerprint density at radius 3 is 2.60 bits per heavy atom. The van der Waals surface area contributed by atoms with Crippen molar-refractivity contribution in [1.82, 2.24) is 9.97 Å². The average Bonchev–Trinajstić information content (AvgIpc) is 3.27. The van der Waals surface area contributed by atoms with Gasteiger partial charge in [-0.3, -0.25) is 0 Å². The molecule has 0 saturated heterocycles. The van der Waals surface area contributed by atoms with E-state index in [4.69, 9.17) is 11.6 Å². The van der Waals surface area contributed by atoms with Crippen molar-refractivity contribution < 1.29 is 0 Å². The zero-order chi connectivity index (χ0) is 14.1. The third-order valence-corrected chi connectivity index (χ3v) is 3.73. The minimum Gasteiger partial charge on any atom is -0.373 e. The lowest BCUT2D eigenvalue weighted by Gasteiger charge is -2.12. The summed E-state index contributed by atoms with van der Waals surface area (Å²) in [6.07, 6.45) is 2.36. The van der Waals surface area contributed by atoms with Crippen molar-refractivity contribution in [1.29, 1.82) is 0 Å². The monoisotopic (exact) mass is 288 g/mol. The summed E-state index contributed by atoms with van der Waals surface area (Å²) in [7, 11) is 1.86. The summed E-state index contributed by atoms with van der Waals surface area (Å²) >= 11 is 6.25. The molecule has 2 aromatic rings. The van der Waals surface area contributed by atoms with Crippen LogP contribution >= 0.6 is 11.6 Å². The van der Waals surface area contributed by atoms with Crippen LogP contribution in [0.1, 0.15) is 30.1 Å². The van der Waals surface area contributed by atoms with Crippen LogP contribution in [0, 0.1) is 6.92 Å². The van der Waals surface area contributed by atoms with Gasteiger partial charge in [0.05, 0.1) is 10.7 Å². The fourth-order valence-electron chi connectivity index (χ4n) is 2.10. The summed E-state index contributed by atoms with van der Waals surface area (Å²) in [5.41, 5.74) is 1.99. The van der Waals surface area contributed by atoms with E-state index in [1.807, 2.05) is 38.2 Å². The van der Waals surface area contributed by atoms with E-state index in [2.05, 4.69) is 20.6 Å². The SMILES string of the molecule is CNc1cc(Nc2c(C)cccc2Cl)nc(C2CC2)n1. The van der Waals surface area contributed by atoms with E-state index in [0.717, 1.165) is 28.7 Å². The van der Waals surface area contributed by atoms with Crippen LogP contribution in [0.2, 0.25) is 5.02 Å². The maximum absolute atomic E-state index is 6.25. The van der Waals surface area contributed by atoms with E-state index >= 15 is 0 Å². The molecule has 0 aliphatic heterocycles. The Bertz CT molecular complexity index is 618. The van der Waals surface area contributed by atoms with Crippen molar-refractivity contribution in [2.45, 2.75) is 25.7 Å². The van der Waals surface area contributed by atoms with Crippen molar-refractivity contribution in [3.05, 3.63) is 40.7 Å². The van der Waals surface area contributed by atoms with E-state index in [0.29, 0.717) is 10.9 Å². The van der Waals surface area contributed by atoms with Crippen molar-refractivity contribution >= 4 is 28.9 Å². The second kappa shape index (κ2) is 5.29. The summed E-state index contributed by atoms with van der Waals surface area (Å²) in [6.45, 7) is 2.02. The first-order valence-corrected chi connectivity index (χ1v) is 7.14. The molecular weight excluding hydrogens is 272 g/mol. The summed E-state index contributed by atoms with van der Waals surface area (Å²) in [6, 6.07) is 7.74. The molecule has 0 unspecified atom stereocenters. The van der Waals surface area contributed by atoms with Gasteiger partial charge in [0, 0.05) is 19.0 Å². The number of rotatable bonds is 4. The van der Waals surface area contributed by atoms with Crippen LogP contribution < -0.4 is 10.6 Å². The predicted molar refractivity (Wildman–Crippen MR) is 83.0 cm³/mol. The molecule has 0 atom stereocenters. The Hall–Kier alpha value is -1.81. The van der Waals surface area contributed by atoms with Gasteiger partial charge in [-0.2, -0.15) is 0 Å². The third-order valence-electron chi connectivity index (χ3n) is 3.42. The highest BCUT2D eigenvalue weighted by atomic mass is 35.5. The molecule has 104 valence electrons. The van der Waals surface area contributed by atoms with Gasteiger partial charge in [0.25, 0.3) is 0 Å². The molecule has 1 heterocycles. The van der Waals surface area contributed by atoms with Gasteiger partial charge in [-0.05, 0) is 31.4 Å².